The van der Waals surface area contributed by atoms with Crippen LogP contribution in [0.4, 0.5) is 0 Å². The van der Waals surface area contributed by atoms with Gasteiger partial charge in [-0.2, -0.15) is 0 Å². The van der Waals surface area contributed by atoms with Crippen LogP contribution in [0.25, 0.3) is 22.2 Å². The Bertz CT molecular complexity index is 1040. The van der Waals surface area contributed by atoms with Crippen LogP contribution < -0.4 is 0 Å². The van der Waals surface area contributed by atoms with Crippen LogP contribution in [0.2, 0.25) is 0 Å². The van der Waals surface area contributed by atoms with Crippen molar-refractivity contribution in [1.82, 2.24) is 4.57 Å². The minimum atomic E-state index is -1.03. The largest absolute Gasteiger partial charge is 0.508 e. The van der Waals surface area contributed by atoms with Crippen molar-refractivity contribution in [2.45, 2.75) is 13.8 Å². The third-order valence-electron chi connectivity index (χ3n) is 4.47. The lowest BCUT2D eigenvalue weighted by Crippen LogP contribution is -2.11. The summed E-state index contributed by atoms with van der Waals surface area (Å²) in [4.78, 5) is 24.3. The fourth-order valence-electron chi connectivity index (χ4n) is 3.52. The Hall–Kier alpha value is -3.08. The van der Waals surface area contributed by atoms with Crippen molar-refractivity contribution in [2.75, 3.05) is 0 Å². The van der Waals surface area contributed by atoms with Crippen molar-refractivity contribution < 1.29 is 19.8 Å². The number of phenols is 1. The molecule has 1 aromatic heterocycles. The number of hydrogen-bond acceptors (Lipinski definition) is 3. The van der Waals surface area contributed by atoms with Gasteiger partial charge in [-0.1, -0.05) is 0 Å². The first-order valence-corrected chi connectivity index (χ1v) is 7.17. The number of rotatable bonds is 1. The normalized spacial score (nSPS) is 12.5. The summed E-state index contributed by atoms with van der Waals surface area (Å²) >= 11 is 0. The summed E-state index contributed by atoms with van der Waals surface area (Å²) < 4.78 is 1.58. The molecule has 0 radical (unpaired) electrons. The summed E-state index contributed by atoms with van der Waals surface area (Å²) in [5, 5.41) is 19.8. The van der Waals surface area contributed by atoms with Crippen LogP contribution in [-0.2, 0) is 0 Å². The second-order valence-corrected chi connectivity index (χ2v) is 5.83. The number of aromatic carboxylic acids is 1. The van der Waals surface area contributed by atoms with Crippen LogP contribution in [0.5, 0.6) is 5.75 Å². The molecule has 114 valence electrons. The number of fused-ring (bicyclic) bond motifs is 5. The Morgan fingerprint density at radius 3 is 2.57 bits per heavy atom. The molecule has 5 nitrogen and oxygen atoms in total. The molecule has 1 aliphatic rings. The summed E-state index contributed by atoms with van der Waals surface area (Å²) in [6.45, 7) is 3.41. The van der Waals surface area contributed by atoms with Crippen LogP contribution in [0.15, 0.2) is 30.3 Å². The third kappa shape index (κ3) is 1.61. The van der Waals surface area contributed by atoms with Gasteiger partial charge in [0.1, 0.15) is 5.75 Å². The number of aromatic nitrogens is 1. The third-order valence-corrected chi connectivity index (χ3v) is 4.47. The van der Waals surface area contributed by atoms with E-state index >= 15 is 0 Å². The van der Waals surface area contributed by atoms with Crippen molar-refractivity contribution in [2.24, 2.45) is 0 Å². The summed E-state index contributed by atoms with van der Waals surface area (Å²) in [5.74, 6) is -1.11. The van der Waals surface area contributed by atoms with E-state index in [9.17, 15) is 19.8 Å². The second kappa shape index (κ2) is 4.23. The molecule has 0 amide bonds. The van der Waals surface area contributed by atoms with Gasteiger partial charge in [0.25, 0.3) is 5.91 Å². The summed E-state index contributed by atoms with van der Waals surface area (Å²) in [6, 6.07) is 8.43. The van der Waals surface area contributed by atoms with E-state index in [0.717, 1.165) is 16.6 Å². The number of carbonyl (C=O) groups is 2. The van der Waals surface area contributed by atoms with Crippen LogP contribution in [0.3, 0.4) is 0 Å². The molecular weight excluding hydrogens is 294 g/mol. The van der Waals surface area contributed by atoms with E-state index in [0.29, 0.717) is 22.2 Å². The molecule has 3 aromatic rings. The highest BCUT2D eigenvalue weighted by Crippen LogP contribution is 2.41. The predicted octanol–water partition coefficient (Wildman–Crippen LogP) is 3.33. The number of hydrogen-bond donors (Lipinski definition) is 2. The summed E-state index contributed by atoms with van der Waals surface area (Å²) in [6.07, 6.45) is 0. The Kier molecular flexibility index (Phi) is 2.49. The Labute approximate surface area is 131 Å². The number of carboxylic acids is 1. The van der Waals surface area contributed by atoms with Gasteiger partial charge >= 0.3 is 5.97 Å². The van der Waals surface area contributed by atoms with Gasteiger partial charge in [-0.15, -0.1) is 0 Å². The van der Waals surface area contributed by atoms with E-state index in [1.54, 1.807) is 36.6 Å². The molecule has 0 aliphatic carbocycles. The zero-order valence-electron chi connectivity index (χ0n) is 12.5. The SMILES string of the molecule is Cc1cc2c(c(C)c1C(=O)O)C(=O)n1c-2cc2cc(O)ccc21. The van der Waals surface area contributed by atoms with E-state index < -0.39 is 5.97 Å². The molecule has 2 heterocycles. The van der Waals surface area contributed by atoms with Crippen molar-refractivity contribution in [3.05, 3.63) is 52.6 Å². The van der Waals surface area contributed by atoms with Crippen LogP contribution in [0.1, 0.15) is 31.8 Å². The van der Waals surface area contributed by atoms with Gasteiger partial charge in [-0.05, 0) is 55.3 Å². The highest BCUT2D eigenvalue weighted by Gasteiger charge is 2.32. The standard InChI is InChI=1S/C18H13NO4/c1-8-5-12-14-7-10-6-11(20)3-4-13(10)19(14)17(21)16(12)9(2)15(8)18(22)23/h3-7,20H,1-2H3,(H,22,23). The van der Waals surface area contributed by atoms with Gasteiger partial charge in [-0.3, -0.25) is 9.36 Å². The Balaban J connectivity index is 2.10. The average Bonchev–Trinajstić information content (AvgIpc) is 2.94. The van der Waals surface area contributed by atoms with Crippen molar-refractivity contribution >= 4 is 22.8 Å². The van der Waals surface area contributed by atoms with Crippen molar-refractivity contribution in [3.8, 4) is 17.0 Å². The molecule has 0 unspecified atom stereocenters. The number of carbonyl (C=O) groups excluding carboxylic acids is 1. The molecule has 1 aliphatic heterocycles. The van der Waals surface area contributed by atoms with E-state index in [1.807, 2.05) is 6.07 Å². The van der Waals surface area contributed by atoms with E-state index in [2.05, 4.69) is 0 Å². The van der Waals surface area contributed by atoms with Crippen LogP contribution >= 0.6 is 0 Å². The van der Waals surface area contributed by atoms with Crippen LogP contribution in [0, 0.1) is 13.8 Å². The molecule has 0 bridgehead atoms. The lowest BCUT2D eigenvalue weighted by Gasteiger charge is -2.10. The van der Waals surface area contributed by atoms with E-state index in [4.69, 9.17) is 0 Å². The van der Waals surface area contributed by atoms with Crippen LogP contribution in [-0.4, -0.2) is 26.7 Å². The lowest BCUT2D eigenvalue weighted by molar-refractivity contribution is 0.0695. The Morgan fingerprint density at radius 1 is 1.13 bits per heavy atom. The maximum absolute atomic E-state index is 12.9. The highest BCUT2D eigenvalue weighted by molar-refractivity contribution is 6.16. The molecule has 0 saturated carbocycles. The first-order chi connectivity index (χ1) is 10.9. The zero-order valence-corrected chi connectivity index (χ0v) is 12.5. The topological polar surface area (TPSA) is 79.5 Å². The summed E-state index contributed by atoms with van der Waals surface area (Å²) in [7, 11) is 0. The molecule has 0 fully saturated rings. The minimum absolute atomic E-state index is 0.142. The zero-order chi connectivity index (χ0) is 16.5. The maximum atomic E-state index is 12.9. The fraction of sp³-hybridized carbons (Fsp3) is 0.111. The highest BCUT2D eigenvalue weighted by atomic mass is 16.4. The predicted molar refractivity (Wildman–Crippen MR) is 85.2 cm³/mol. The molecule has 23 heavy (non-hydrogen) atoms. The fourth-order valence-corrected chi connectivity index (χ4v) is 3.52. The number of carboxylic acid groups (broad SMARTS) is 1. The molecule has 0 saturated heterocycles. The Morgan fingerprint density at radius 2 is 1.87 bits per heavy atom. The maximum Gasteiger partial charge on any atom is 0.336 e. The van der Waals surface area contributed by atoms with Crippen molar-refractivity contribution in [1.29, 1.82) is 0 Å². The number of phenolic OH excluding ortho intramolecular Hbond substituents is 1. The number of aryl methyl sites for hydroxylation is 1. The van der Waals surface area contributed by atoms with Gasteiger partial charge in [0.05, 0.1) is 22.3 Å². The first-order valence-electron chi connectivity index (χ1n) is 7.17. The lowest BCUT2D eigenvalue weighted by atomic mass is 9.92. The number of benzene rings is 2. The molecule has 4 rings (SSSR count). The van der Waals surface area contributed by atoms with E-state index in [-0.39, 0.29) is 17.2 Å². The van der Waals surface area contributed by atoms with Gasteiger partial charge < -0.3 is 10.2 Å². The van der Waals surface area contributed by atoms with Crippen molar-refractivity contribution in [3.63, 3.8) is 0 Å². The van der Waals surface area contributed by atoms with Gasteiger partial charge in [0, 0.05) is 10.9 Å². The molecule has 0 spiro atoms. The average molecular weight is 307 g/mol. The number of aromatic hydroxyl groups is 1. The first kappa shape index (κ1) is 13.6. The monoisotopic (exact) mass is 307 g/mol. The quantitative estimate of drug-likeness (QED) is 0.565. The molecule has 2 aromatic carbocycles. The molecule has 5 heteroatoms. The van der Waals surface area contributed by atoms with Gasteiger partial charge in [-0.25, -0.2) is 4.79 Å². The van der Waals surface area contributed by atoms with E-state index in [1.165, 1.54) is 6.07 Å². The van der Waals surface area contributed by atoms with Gasteiger partial charge in [0.2, 0.25) is 0 Å². The second-order valence-electron chi connectivity index (χ2n) is 5.83. The van der Waals surface area contributed by atoms with Gasteiger partial charge in [0.15, 0.2) is 0 Å². The number of nitrogens with zero attached hydrogens (tertiary/aromatic N) is 1. The molecular formula is C18H13NO4. The molecule has 2 N–H and O–H groups in total. The summed E-state index contributed by atoms with van der Waals surface area (Å²) in [5.41, 5.74) is 3.92. The smallest absolute Gasteiger partial charge is 0.336 e. The minimum Gasteiger partial charge on any atom is -0.508 e. The molecule has 0 atom stereocenters.